The molecule has 9 heavy (non-hydrogen) atoms. The van der Waals surface area contributed by atoms with Crippen molar-refractivity contribution in [2.75, 3.05) is 6.61 Å². The summed E-state index contributed by atoms with van der Waals surface area (Å²) in [6.45, 7) is 2.09. The Hall–Kier alpha value is -1.05. The van der Waals surface area contributed by atoms with Crippen LogP contribution in [-0.4, -0.2) is 12.4 Å². The number of rotatable bonds is 1. The van der Waals surface area contributed by atoms with E-state index in [0.29, 0.717) is 5.76 Å². The molecular weight excluding hydrogens is 116 g/mol. The number of ketones is 1. The largest absolute Gasteiger partial charge is 0.485 e. The molecule has 0 amide bonds. The number of ether oxygens (including phenoxy) is 1. The lowest BCUT2D eigenvalue weighted by atomic mass is 10.4. The van der Waals surface area contributed by atoms with Crippen LogP contribution in [0, 0.1) is 0 Å². The maximum atomic E-state index is 10.5. The molecule has 0 aromatic carbocycles. The summed E-state index contributed by atoms with van der Waals surface area (Å²) in [6, 6.07) is 0. The third-order valence-corrected chi connectivity index (χ3v) is 1.02. The van der Waals surface area contributed by atoms with Gasteiger partial charge in [-0.3, -0.25) is 4.79 Å². The van der Waals surface area contributed by atoms with Gasteiger partial charge in [0.2, 0.25) is 0 Å². The molecule has 0 aliphatic carbocycles. The van der Waals surface area contributed by atoms with Gasteiger partial charge in [0, 0.05) is 6.08 Å². The van der Waals surface area contributed by atoms with Crippen LogP contribution in [0.3, 0.4) is 0 Å². The zero-order valence-corrected chi connectivity index (χ0v) is 5.26. The molecule has 0 spiro atoms. The maximum absolute atomic E-state index is 10.5. The van der Waals surface area contributed by atoms with Crippen molar-refractivity contribution in [3.05, 3.63) is 24.0 Å². The Labute approximate surface area is 53.8 Å². The fraction of sp³-hybridized carbons (Fsp3) is 0.286. The Kier molecular flexibility index (Phi) is 1.68. The van der Waals surface area contributed by atoms with E-state index in [1.807, 2.05) is 13.0 Å². The molecule has 1 heterocycles. The zero-order chi connectivity index (χ0) is 6.69. The van der Waals surface area contributed by atoms with Crippen LogP contribution in [0.4, 0.5) is 0 Å². The average Bonchev–Trinajstić information content (AvgIpc) is 2.17. The van der Waals surface area contributed by atoms with E-state index in [4.69, 9.17) is 4.74 Å². The van der Waals surface area contributed by atoms with Crippen molar-refractivity contribution in [3.63, 3.8) is 0 Å². The predicted molar refractivity (Wildman–Crippen MR) is 33.9 cm³/mol. The Balaban J connectivity index is 2.62. The zero-order valence-electron chi connectivity index (χ0n) is 5.26. The molecule has 2 nitrogen and oxygen atoms in total. The lowest BCUT2D eigenvalue weighted by molar-refractivity contribution is -0.115. The van der Waals surface area contributed by atoms with Crippen LogP contribution in [0.1, 0.15) is 6.92 Å². The molecule has 1 aliphatic heterocycles. The van der Waals surface area contributed by atoms with E-state index in [1.165, 1.54) is 6.08 Å². The average molecular weight is 124 g/mol. The lowest BCUT2D eigenvalue weighted by Crippen LogP contribution is -1.92. The normalized spacial score (nSPS) is 18.3. The van der Waals surface area contributed by atoms with Gasteiger partial charge in [-0.2, -0.15) is 0 Å². The number of carbonyl (C=O) groups is 1. The Morgan fingerprint density at radius 2 is 2.56 bits per heavy atom. The SMILES string of the molecule is CC=CC1=CC(=O)CO1. The minimum absolute atomic E-state index is 0.0445. The van der Waals surface area contributed by atoms with Crippen LogP contribution in [0.5, 0.6) is 0 Å². The van der Waals surface area contributed by atoms with Crippen molar-refractivity contribution < 1.29 is 9.53 Å². The first-order valence-corrected chi connectivity index (χ1v) is 2.83. The van der Waals surface area contributed by atoms with E-state index in [2.05, 4.69) is 0 Å². The van der Waals surface area contributed by atoms with Crippen molar-refractivity contribution in [1.29, 1.82) is 0 Å². The van der Waals surface area contributed by atoms with Crippen LogP contribution >= 0.6 is 0 Å². The van der Waals surface area contributed by atoms with Crippen molar-refractivity contribution in [2.45, 2.75) is 6.92 Å². The highest BCUT2D eigenvalue weighted by molar-refractivity contribution is 5.93. The third kappa shape index (κ3) is 1.42. The van der Waals surface area contributed by atoms with E-state index in [0.717, 1.165) is 0 Å². The standard InChI is InChI=1S/C7H8O2/c1-2-3-7-4-6(8)5-9-7/h2-4H,5H2,1H3. The second-order valence-corrected chi connectivity index (χ2v) is 1.80. The highest BCUT2D eigenvalue weighted by Gasteiger charge is 2.08. The Morgan fingerprint density at radius 1 is 1.78 bits per heavy atom. The molecule has 0 saturated carbocycles. The van der Waals surface area contributed by atoms with Crippen LogP contribution in [0.2, 0.25) is 0 Å². The summed E-state index contributed by atoms with van der Waals surface area (Å²) in [6.07, 6.45) is 5.11. The second kappa shape index (κ2) is 2.49. The van der Waals surface area contributed by atoms with Gasteiger partial charge in [0.15, 0.2) is 12.4 Å². The van der Waals surface area contributed by atoms with Crippen LogP contribution in [0.25, 0.3) is 0 Å². The molecule has 0 atom stereocenters. The highest BCUT2D eigenvalue weighted by atomic mass is 16.5. The van der Waals surface area contributed by atoms with Gasteiger partial charge in [-0.15, -0.1) is 0 Å². The summed E-state index contributed by atoms with van der Waals surface area (Å²) in [5, 5.41) is 0. The molecule has 0 saturated heterocycles. The fourth-order valence-corrected chi connectivity index (χ4v) is 0.657. The van der Waals surface area contributed by atoms with E-state index in [9.17, 15) is 4.79 Å². The van der Waals surface area contributed by atoms with Crippen molar-refractivity contribution in [2.24, 2.45) is 0 Å². The van der Waals surface area contributed by atoms with Crippen molar-refractivity contribution >= 4 is 5.78 Å². The molecule has 2 heteroatoms. The number of hydrogen-bond donors (Lipinski definition) is 0. The number of hydrogen-bond acceptors (Lipinski definition) is 2. The smallest absolute Gasteiger partial charge is 0.196 e. The van der Waals surface area contributed by atoms with Gasteiger partial charge in [0.25, 0.3) is 0 Å². The second-order valence-electron chi connectivity index (χ2n) is 1.80. The molecule has 0 aromatic rings. The van der Waals surface area contributed by atoms with Gasteiger partial charge in [0.05, 0.1) is 0 Å². The van der Waals surface area contributed by atoms with Crippen LogP contribution < -0.4 is 0 Å². The van der Waals surface area contributed by atoms with Gasteiger partial charge in [-0.25, -0.2) is 0 Å². The maximum Gasteiger partial charge on any atom is 0.196 e. The molecule has 0 aromatic heterocycles. The Bertz CT molecular complexity index is 177. The molecule has 1 rings (SSSR count). The summed E-state index contributed by atoms with van der Waals surface area (Å²) in [4.78, 5) is 10.5. The Morgan fingerprint density at radius 3 is 3.00 bits per heavy atom. The van der Waals surface area contributed by atoms with Crippen LogP contribution in [0.15, 0.2) is 24.0 Å². The molecule has 0 bridgehead atoms. The molecule has 0 unspecified atom stereocenters. The number of carbonyl (C=O) groups excluding carboxylic acids is 1. The van der Waals surface area contributed by atoms with E-state index in [-0.39, 0.29) is 12.4 Å². The molecule has 0 N–H and O–H groups in total. The van der Waals surface area contributed by atoms with Gasteiger partial charge in [-0.1, -0.05) is 6.08 Å². The molecule has 1 aliphatic rings. The molecule has 0 radical (unpaired) electrons. The fourth-order valence-electron chi connectivity index (χ4n) is 0.657. The highest BCUT2D eigenvalue weighted by Crippen LogP contribution is 2.06. The molecule has 48 valence electrons. The first kappa shape index (κ1) is 6.08. The summed E-state index contributed by atoms with van der Waals surface area (Å²) in [5.74, 6) is 0.714. The van der Waals surface area contributed by atoms with Crippen LogP contribution in [-0.2, 0) is 9.53 Å². The van der Waals surface area contributed by atoms with E-state index in [1.54, 1.807) is 6.08 Å². The van der Waals surface area contributed by atoms with Gasteiger partial charge in [0.1, 0.15) is 5.76 Å². The summed E-state index contributed by atoms with van der Waals surface area (Å²) in [5.41, 5.74) is 0. The summed E-state index contributed by atoms with van der Waals surface area (Å²) < 4.78 is 4.93. The number of allylic oxidation sites excluding steroid dienone is 2. The van der Waals surface area contributed by atoms with Gasteiger partial charge < -0.3 is 4.74 Å². The monoisotopic (exact) mass is 124 g/mol. The quantitative estimate of drug-likeness (QED) is 0.522. The third-order valence-electron chi connectivity index (χ3n) is 1.02. The molecular formula is C7H8O2. The topological polar surface area (TPSA) is 26.3 Å². The van der Waals surface area contributed by atoms with Crippen molar-refractivity contribution in [1.82, 2.24) is 0 Å². The van der Waals surface area contributed by atoms with Gasteiger partial charge in [-0.05, 0) is 13.0 Å². The summed E-state index contributed by atoms with van der Waals surface area (Å²) in [7, 11) is 0. The molecule has 0 fully saturated rings. The predicted octanol–water partition coefficient (Wildman–Crippen LogP) is 1.05. The van der Waals surface area contributed by atoms with E-state index >= 15 is 0 Å². The van der Waals surface area contributed by atoms with E-state index < -0.39 is 0 Å². The first-order chi connectivity index (χ1) is 4.33. The lowest BCUT2D eigenvalue weighted by Gasteiger charge is -1.91. The van der Waals surface area contributed by atoms with Gasteiger partial charge >= 0.3 is 0 Å². The first-order valence-electron chi connectivity index (χ1n) is 2.83. The minimum Gasteiger partial charge on any atom is -0.485 e. The summed E-state index contributed by atoms with van der Waals surface area (Å²) >= 11 is 0. The minimum atomic E-state index is 0.0445. The van der Waals surface area contributed by atoms with Crippen molar-refractivity contribution in [3.8, 4) is 0 Å².